The minimum Gasteiger partial charge on any atom is -0.372 e. The average molecular weight is 508 g/mol. The Bertz CT molecular complexity index is 1700. The Morgan fingerprint density at radius 2 is 1.47 bits per heavy atom. The van der Waals surface area contributed by atoms with Crippen LogP contribution in [0.15, 0.2) is 120 Å². The molecule has 1 N–H and O–H groups in total. The van der Waals surface area contributed by atoms with E-state index in [1.54, 1.807) is 0 Å². The molecule has 4 aromatic rings. The number of benzene rings is 4. The normalized spacial score (nSPS) is 23.3. The van der Waals surface area contributed by atoms with Crippen LogP contribution in [0, 0.1) is 0 Å². The first-order chi connectivity index (χ1) is 18.6. The number of thioether (sulfide) groups is 1. The molecule has 3 aliphatic carbocycles. The largest absolute Gasteiger partial charge is 0.372 e. The molecule has 1 nitrogen and oxygen atoms in total. The molecule has 38 heavy (non-hydrogen) atoms. The Morgan fingerprint density at radius 1 is 0.711 bits per heavy atom. The summed E-state index contributed by atoms with van der Waals surface area (Å²) in [7, 11) is 0. The second-order valence-electron chi connectivity index (χ2n) is 11.4. The lowest BCUT2D eigenvalue weighted by atomic mass is 9.77. The summed E-state index contributed by atoms with van der Waals surface area (Å²) < 4.78 is 0. The van der Waals surface area contributed by atoms with Gasteiger partial charge in [-0.05, 0) is 73.9 Å². The molecule has 0 aromatic heterocycles. The van der Waals surface area contributed by atoms with Crippen molar-refractivity contribution in [1.82, 2.24) is 5.32 Å². The van der Waals surface area contributed by atoms with Crippen LogP contribution in [0.5, 0.6) is 0 Å². The van der Waals surface area contributed by atoms with Gasteiger partial charge in [0.05, 0.1) is 10.6 Å². The molecule has 0 saturated carbocycles. The third-order valence-electron chi connectivity index (χ3n) is 8.90. The maximum absolute atomic E-state index is 3.82. The van der Waals surface area contributed by atoms with E-state index in [-0.39, 0.29) is 5.41 Å². The van der Waals surface area contributed by atoms with Crippen molar-refractivity contribution < 1.29 is 0 Å². The van der Waals surface area contributed by atoms with Gasteiger partial charge < -0.3 is 5.32 Å². The molecular formula is C36H29NS. The minimum atomic E-state index is 0.0104. The molecule has 1 fully saturated rings. The van der Waals surface area contributed by atoms with Crippen molar-refractivity contribution in [3.05, 3.63) is 148 Å². The average Bonchev–Trinajstić information content (AvgIpc) is 3.50. The summed E-state index contributed by atoms with van der Waals surface area (Å²) in [4.78, 5) is 0. The van der Waals surface area contributed by atoms with Crippen molar-refractivity contribution in [3.63, 3.8) is 0 Å². The van der Waals surface area contributed by atoms with E-state index in [2.05, 4.69) is 146 Å². The van der Waals surface area contributed by atoms with Crippen molar-refractivity contribution in [3.8, 4) is 22.3 Å². The molecular weight excluding hydrogens is 478 g/mol. The number of hydrogen-bond acceptors (Lipinski definition) is 2. The third-order valence-corrected chi connectivity index (χ3v) is 10.4. The number of nitrogens with one attached hydrogen (secondary N) is 1. The van der Waals surface area contributed by atoms with Gasteiger partial charge in [-0.2, -0.15) is 0 Å². The second kappa shape index (κ2) is 8.12. The summed E-state index contributed by atoms with van der Waals surface area (Å²) in [6, 6.07) is 33.9. The number of rotatable bonds is 2. The zero-order valence-corrected chi connectivity index (χ0v) is 22.4. The summed E-state index contributed by atoms with van der Waals surface area (Å²) in [5.41, 5.74) is 15.1. The summed E-state index contributed by atoms with van der Waals surface area (Å²) >= 11 is 2.05. The highest BCUT2D eigenvalue weighted by molar-refractivity contribution is 8.00. The summed E-state index contributed by atoms with van der Waals surface area (Å²) in [5, 5.41) is 4.51. The highest BCUT2D eigenvalue weighted by atomic mass is 32.2. The van der Waals surface area contributed by atoms with E-state index < -0.39 is 0 Å². The van der Waals surface area contributed by atoms with Crippen molar-refractivity contribution >= 4 is 17.8 Å². The molecule has 3 unspecified atom stereocenters. The summed E-state index contributed by atoms with van der Waals surface area (Å²) in [6.45, 7) is 4.72. The van der Waals surface area contributed by atoms with Gasteiger partial charge in [0.2, 0.25) is 0 Å². The first-order valence-electron chi connectivity index (χ1n) is 13.5. The predicted octanol–water partition coefficient (Wildman–Crippen LogP) is 9.00. The molecule has 0 amide bonds. The number of allylic oxidation sites excluding steroid dienone is 4. The SMILES string of the molecule is CC1(C)c2ccccc2-c2ccc(-c3ccc4c(c3)C3C(=CC=C5NC(c6ccccc6)SC53)C=C4)cc21. The smallest absolute Gasteiger partial charge is 0.0984 e. The Morgan fingerprint density at radius 3 is 2.37 bits per heavy atom. The van der Waals surface area contributed by atoms with E-state index in [1.165, 1.54) is 61.3 Å². The van der Waals surface area contributed by atoms with Crippen LogP contribution in [-0.4, -0.2) is 5.25 Å². The molecule has 4 aliphatic rings. The van der Waals surface area contributed by atoms with Crippen LogP contribution in [-0.2, 0) is 5.41 Å². The van der Waals surface area contributed by atoms with E-state index in [1.807, 2.05) is 0 Å². The Labute approximate surface area is 229 Å². The third kappa shape index (κ3) is 3.20. The summed E-state index contributed by atoms with van der Waals surface area (Å²) in [6.07, 6.45) is 9.24. The van der Waals surface area contributed by atoms with E-state index in [4.69, 9.17) is 0 Å². The van der Waals surface area contributed by atoms with Gasteiger partial charge in [-0.25, -0.2) is 0 Å². The highest BCUT2D eigenvalue weighted by Gasteiger charge is 2.41. The van der Waals surface area contributed by atoms with E-state index >= 15 is 0 Å². The fourth-order valence-electron chi connectivity index (χ4n) is 6.89. The molecule has 0 radical (unpaired) electrons. The van der Waals surface area contributed by atoms with Crippen molar-refractivity contribution in [1.29, 1.82) is 0 Å². The first-order valence-corrected chi connectivity index (χ1v) is 14.5. The van der Waals surface area contributed by atoms with Crippen molar-refractivity contribution in [2.45, 2.75) is 35.8 Å². The van der Waals surface area contributed by atoms with Crippen LogP contribution >= 0.6 is 11.8 Å². The Balaban J connectivity index is 1.19. The van der Waals surface area contributed by atoms with Gasteiger partial charge in [0.1, 0.15) is 0 Å². The molecule has 4 aromatic carbocycles. The van der Waals surface area contributed by atoms with Crippen LogP contribution in [0.25, 0.3) is 28.3 Å². The first kappa shape index (κ1) is 22.3. The lowest BCUT2D eigenvalue weighted by Gasteiger charge is -2.32. The lowest BCUT2D eigenvalue weighted by molar-refractivity contribution is 0.660. The van der Waals surface area contributed by atoms with E-state index in [0.717, 1.165) is 0 Å². The van der Waals surface area contributed by atoms with Gasteiger partial charge >= 0.3 is 0 Å². The molecule has 1 saturated heterocycles. The van der Waals surface area contributed by atoms with Crippen LogP contribution in [0.2, 0.25) is 0 Å². The van der Waals surface area contributed by atoms with Crippen LogP contribution in [0.4, 0.5) is 0 Å². The van der Waals surface area contributed by atoms with Crippen LogP contribution in [0.1, 0.15) is 53.0 Å². The topological polar surface area (TPSA) is 12.0 Å². The van der Waals surface area contributed by atoms with Crippen LogP contribution in [0.3, 0.4) is 0 Å². The molecule has 8 rings (SSSR count). The van der Waals surface area contributed by atoms with E-state index in [0.29, 0.717) is 16.5 Å². The van der Waals surface area contributed by atoms with Gasteiger partial charge in [-0.1, -0.05) is 111 Å². The lowest BCUT2D eigenvalue weighted by Crippen LogP contribution is -2.24. The quantitative estimate of drug-likeness (QED) is 0.290. The van der Waals surface area contributed by atoms with Gasteiger partial charge in [-0.15, -0.1) is 11.8 Å². The fraction of sp³-hybridized carbons (Fsp3) is 0.167. The standard InChI is InChI=1S/C36H29NS/c1-36(2)30-11-7-6-10-27(30)28-18-16-26(21-31(28)36)25-15-13-22-12-14-23-17-19-32-34(33(23)29(22)20-25)38-35(37-32)24-8-4-3-5-9-24/h3-21,33-35,37H,1-2H3. The molecule has 0 spiro atoms. The molecule has 3 atom stereocenters. The minimum absolute atomic E-state index is 0.0104. The zero-order chi connectivity index (χ0) is 25.4. The van der Waals surface area contributed by atoms with Gasteiger partial charge in [0.25, 0.3) is 0 Å². The maximum Gasteiger partial charge on any atom is 0.0984 e. The number of hydrogen-bond donors (Lipinski definition) is 1. The zero-order valence-electron chi connectivity index (χ0n) is 21.6. The van der Waals surface area contributed by atoms with Crippen LogP contribution < -0.4 is 5.32 Å². The van der Waals surface area contributed by atoms with Crippen molar-refractivity contribution in [2.24, 2.45) is 0 Å². The second-order valence-corrected chi connectivity index (χ2v) is 12.6. The molecule has 1 aliphatic heterocycles. The van der Waals surface area contributed by atoms with Gasteiger partial charge in [0, 0.05) is 17.0 Å². The van der Waals surface area contributed by atoms with E-state index in [9.17, 15) is 0 Å². The maximum atomic E-state index is 3.82. The molecule has 0 bridgehead atoms. The molecule has 184 valence electrons. The molecule has 1 heterocycles. The Hall–Kier alpha value is -3.75. The summed E-state index contributed by atoms with van der Waals surface area (Å²) in [5.74, 6) is 0.358. The number of fused-ring (bicyclic) bond motifs is 8. The van der Waals surface area contributed by atoms with Gasteiger partial charge in [0.15, 0.2) is 0 Å². The molecule has 2 heteroatoms. The highest BCUT2D eigenvalue weighted by Crippen LogP contribution is 2.53. The monoisotopic (exact) mass is 507 g/mol. The fourth-order valence-corrected chi connectivity index (χ4v) is 8.46. The van der Waals surface area contributed by atoms with Gasteiger partial charge in [-0.3, -0.25) is 0 Å². The van der Waals surface area contributed by atoms with Crippen molar-refractivity contribution in [2.75, 3.05) is 0 Å². The predicted molar refractivity (Wildman–Crippen MR) is 161 cm³/mol. The Kier molecular flexibility index (Phi) is 4.76.